The maximum atomic E-state index is 13.4. The van der Waals surface area contributed by atoms with Gasteiger partial charge in [-0.2, -0.15) is 0 Å². The number of ether oxygens (including phenoxy) is 1. The van der Waals surface area contributed by atoms with E-state index < -0.39 is 4.92 Å². The van der Waals surface area contributed by atoms with Crippen molar-refractivity contribution in [2.45, 2.75) is 39.3 Å². The highest BCUT2D eigenvalue weighted by molar-refractivity contribution is 7.19. The van der Waals surface area contributed by atoms with Crippen molar-refractivity contribution in [3.63, 3.8) is 0 Å². The molecule has 1 unspecified atom stereocenters. The van der Waals surface area contributed by atoms with Gasteiger partial charge in [0.05, 0.1) is 28.1 Å². The number of carbonyl (C=O) groups excluding carboxylic acids is 1. The summed E-state index contributed by atoms with van der Waals surface area (Å²) in [5.74, 6) is -0.347. The summed E-state index contributed by atoms with van der Waals surface area (Å²) in [6.45, 7) is 5.28. The summed E-state index contributed by atoms with van der Waals surface area (Å²) in [6, 6.07) is 17.6. The van der Waals surface area contributed by atoms with Crippen molar-refractivity contribution < 1.29 is 14.5 Å². The summed E-state index contributed by atoms with van der Waals surface area (Å²) in [6.07, 6.45) is 2.08. The van der Waals surface area contributed by atoms with E-state index in [1.165, 1.54) is 24.3 Å². The van der Waals surface area contributed by atoms with Gasteiger partial charge in [-0.25, -0.2) is 4.98 Å². The second kappa shape index (κ2) is 12.1. The van der Waals surface area contributed by atoms with E-state index in [2.05, 4.69) is 29.7 Å². The Bertz CT molecular complexity index is 1390. The average Bonchev–Trinajstić information content (AvgIpc) is 3.24. The van der Waals surface area contributed by atoms with Crippen LogP contribution in [-0.4, -0.2) is 29.5 Å². The highest BCUT2D eigenvalue weighted by Crippen LogP contribution is 2.43. The van der Waals surface area contributed by atoms with Crippen LogP contribution in [0.25, 0.3) is 10.2 Å². The Morgan fingerprint density at radius 3 is 2.54 bits per heavy atom. The molecule has 2 heterocycles. The van der Waals surface area contributed by atoms with Crippen LogP contribution >= 0.6 is 11.3 Å². The fraction of sp³-hybridized carbons (Fsp3) is 0.286. The molecule has 2 aromatic carbocycles. The molecule has 0 bridgehead atoms. The number of anilines is 1. The Balaban J connectivity index is 1.85. The minimum atomic E-state index is -0.483. The van der Waals surface area contributed by atoms with Crippen LogP contribution in [0.15, 0.2) is 60.7 Å². The SMILES string of the molecule is CCCCNC(c1ccccc1)c1sc2nc(C)cc(COC)c2c1NC(=O)c1ccc([N+](=O)[O-])cc1. The van der Waals surface area contributed by atoms with Gasteiger partial charge < -0.3 is 15.4 Å². The molecule has 1 atom stereocenters. The number of nitro benzene ring substituents is 1. The first-order chi connectivity index (χ1) is 17.9. The highest BCUT2D eigenvalue weighted by Gasteiger charge is 2.26. The molecule has 9 heteroatoms. The number of thiophene rings is 1. The van der Waals surface area contributed by atoms with E-state index in [1.807, 2.05) is 31.2 Å². The summed E-state index contributed by atoms with van der Waals surface area (Å²) in [5, 5.41) is 18.7. The lowest BCUT2D eigenvalue weighted by molar-refractivity contribution is -0.384. The van der Waals surface area contributed by atoms with Crippen LogP contribution in [0.2, 0.25) is 0 Å². The summed E-state index contributed by atoms with van der Waals surface area (Å²) in [5.41, 5.74) is 3.84. The van der Waals surface area contributed by atoms with Gasteiger partial charge in [-0.3, -0.25) is 14.9 Å². The van der Waals surface area contributed by atoms with E-state index in [0.29, 0.717) is 17.9 Å². The fourth-order valence-corrected chi connectivity index (χ4v) is 5.60. The number of nitrogens with zero attached hydrogens (tertiary/aromatic N) is 2. The van der Waals surface area contributed by atoms with Crippen molar-refractivity contribution >= 4 is 38.8 Å². The molecule has 0 aliphatic carbocycles. The van der Waals surface area contributed by atoms with Crippen molar-refractivity contribution in [2.24, 2.45) is 0 Å². The van der Waals surface area contributed by atoms with E-state index in [1.54, 1.807) is 18.4 Å². The number of nitrogens with one attached hydrogen (secondary N) is 2. The molecule has 1 amide bonds. The van der Waals surface area contributed by atoms with E-state index in [0.717, 1.165) is 51.3 Å². The molecule has 192 valence electrons. The molecule has 0 saturated carbocycles. The molecule has 2 aromatic heterocycles. The average molecular weight is 519 g/mol. The van der Waals surface area contributed by atoms with Crippen molar-refractivity contribution in [2.75, 3.05) is 19.0 Å². The van der Waals surface area contributed by atoms with Gasteiger partial charge >= 0.3 is 0 Å². The number of pyridine rings is 1. The number of fused-ring (bicyclic) bond motifs is 1. The zero-order valence-corrected chi connectivity index (χ0v) is 21.9. The van der Waals surface area contributed by atoms with Gasteiger partial charge in [0, 0.05) is 35.9 Å². The summed E-state index contributed by atoms with van der Waals surface area (Å²) < 4.78 is 5.49. The molecule has 8 nitrogen and oxygen atoms in total. The van der Waals surface area contributed by atoms with E-state index in [4.69, 9.17) is 9.72 Å². The first kappa shape index (κ1) is 26.4. The molecule has 0 aliphatic rings. The second-order valence-electron chi connectivity index (χ2n) is 8.79. The van der Waals surface area contributed by atoms with Gasteiger partial charge in [0.15, 0.2) is 0 Å². The normalized spacial score (nSPS) is 12.0. The molecular formula is C28H30N4O4S. The highest BCUT2D eigenvalue weighted by atomic mass is 32.1. The molecule has 0 radical (unpaired) electrons. The molecule has 4 aromatic rings. The number of non-ortho nitro benzene ring substituents is 1. The van der Waals surface area contributed by atoms with Crippen molar-refractivity contribution in [1.29, 1.82) is 0 Å². The minimum Gasteiger partial charge on any atom is -0.380 e. The van der Waals surface area contributed by atoms with Gasteiger partial charge in [-0.1, -0.05) is 43.7 Å². The van der Waals surface area contributed by atoms with E-state index in [9.17, 15) is 14.9 Å². The topological polar surface area (TPSA) is 106 Å². The lowest BCUT2D eigenvalue weighted by atomic mass is 10.0. The molecule has 0 aliphatic heterocycles. The number of hydrogen-bond donors (Lipinski definition) is 2. The number of hydrogen-bond acceptors (Lipinski definition) is 7. The first-order valence-electron chi connectivity index (χ1n) is 12.2. The van der Waals surface area contributed by atoms with Crippen LogP contribution in [0, 0.1) is 17.0 Å². The fourth-order valence-electron chi connectivity index (χ4n) is 4.28. The first-order valence-corrected chi connectivity index (χ1v) is 13.0. The smallest absolute Gasteiger partial charge is 0.269 e. The maximum absolute atomic E-state index is 13.4. The number of benzene rings is 2. The number of unbranched alkanes of at least 4 members (excludes halogenated alkanes) is 1. The number of amides is 1. The van der Waals surface area contributed by atoms with Crippen LogP contribution < -0.4 is 10.6 Å². The number of methoxy groups -OCH3 is 1. The molecule has 2 N–H and O–H groups in total. The Labute approximate surface area is 219 Å². The van der Waals surface area contributed by atoms with E-state index in [-0.39, 0.29) is 17.6 Å². The number of aryl methyl sites for hydroxylation is 1. The van der Waals surface area contributed by atoms with Crippen LogP contribution in [0.1, 0.15) is 57.9 Å². The van der Waals surface area contributed by atoms with Gasteiger partial charge in [-0.05, 0) is 49.2 Å². The lowest BCUT2D eigenvalue weighted by Gasteiger charge is -2.20. The van der Waals surface area contributed by atoms with Crippen molar-refractivity contribution in [1.82, 2.24) is 10.3 Å². The molecule has 37 heavy (non-hydrogen) atoms. The molecule has 0 fully saturated rings. The Hall–Kier alpha value is -3.66. The molecule has 4 rings (SSSR count). The quantitative estimate of drug-likeness (QED) is 0.135. The summed E-state index contributed by atoms with van der Waals surface area (Å²) in [7, 11) is 1.64. The number of carbonyl (C=O) groups is 1. The molecular weight excluding hydrogens is 488 g/mol. The third-order valence-electron chi connectivity index (χ3n) is 6.05. The number of nitro groups is 1. The van der Waals surface area contributed by atoms with E-state index >= 15 is 0 Å². The molecule has 0 saturated heterocycles. The van der Waals surface area contributed by atoms with Gasteiger partial charge in [0.2, 0.25) is 0 Å². The third kappa shape index (κ3) is 6.02. The standard InChI is InChI=1S/C28H30N4O4S/c1-4-5-15-29-24(19-9-7-6-8-10-19)26-25(23-21(17-36-3)16-18(2)30-28(23)37-26)31-27(33)20-11-13-22(14-12-20)32(34)35/h6-14,16,24,29H,4-5,15,17H2,1-3H3,(H,31,33). The summed E-state index contributed by atoms with van der Waals surface area (Å²) >= 11 is 1.55. The lowest BCUT2D eigenvalue weighted by Crippen LogP contribution is -2.24. The van der Waals surface area contributed by atoms with Crippen molar-refractivity contribution in [3.8, 4) is 0 Å². The second-order valence-corrected chi connectivity index (χ2v) is 9.82. The predicted molar refractivity (Wildman–Crippen MR) is 147 cm³/mol. The Kier molecular flexibility index (Phi) is 8.60. The summed E-state index contributed by atoms with van der Waals surface area (Å²) in [4.78, 5) is 30.5. The zero-order chi connectivity index (χ0) is 26.4. The third-order valence-corrected chi connectivity index (χ3v) is 7.20. The largest absolute Gasteiger partial charge is 0.380 e. The molecule has 0 spiro atoms. The van der Waals surface area contributed by atoms with Crippen LogP contribution in [0.5, 0.6) is 0 Å². The van der Waals surface area contributed by atoms with Crippen molar-refractivity contribution in [3.05, 3.63) is 98.0 Å². The van der Waals surface area contributed by atoms with Crippen LogP contribution in [-0.2, 0) is 11.3 Å². The number of rotatable bonds is 11. The maximum Gasteiger partial charge on any atom is 0.269 e. The monoisotopic (exact) mass is 518 g/mol. The van der Waals surface area contributed by atoms with Gasteiger partial charge in [0.1, 0.15) is 4.83 Å². The predicted octanol–water partition coefficient (Wildman–Crippen LogP) is 6.39. The van der Waals surface area contributed by atoms with Gasteiger partial charge in [0.25, 0.3) is 11.6 Å². The van der Waals surface area contributed by atoms with Crippen LogP contribution in [0.4, 0.5) is 11.4 Å². The van der Waals surface area contributed by atoms with Crippen LogP contribution in [0.3, 0.4) is 0 Å². The Morgan fingerprint density at radius 1 is 1.16 bits per heavy atom. The minimum absolute atomic E-state index is 0.0652. The number of aromatic nitrogens is 1. The van der Waals surface area contributed by atoms with Gasteiger partial charge in [-0.15, -0.1) is 11.3 Å². The zero-order valence-electron chi connectivity index (χ0n) is 21.1. The Morgan fingerprint density at radius 2 is 1.89 bits per heavy atom.